The average molecular weight is 271 g/mol. The number of nitrogens with zero attached hydrogens (tertiary/aromatic N) is 1. The minimum atomic E-state index is 0.666. The Morgan fingerprint density at radius 1 is 1.15 bits per heavy atom. The van der Waals surface area contributed by atoms with E-state index in [1.165, 1.54) is 16.3 Å². The maximum Gasteiger partial charge on any atom is 0.133 e. The van der Waals surface area contributed by atoms with E-state index in [9.17, 15) is 0 Å². The van der Waals surface area contributed by atoms with Crippen LogP contribution in [0.15, 0.2) is 30.5 Å². The first-order valence-corrected chi connectivity index (χ1v) is 7.53. The summed E-state index contributed by atoms with van der Waals surface area (Å²) in [5.74, 6) is 1.66. The van der Waals surface area contributed by atoms with Gasteiger partial charge in [0, 0.05) is 24.7 Å². The molecule has 0 bridgehead atoms. The standard InChI is InChI=1S/C17H25N3/c1-4-9-19-17-16-8-6-5-7-15(16)14(12-20-17)11-18-10-13(2)3/h5-8,12-13,18H,4,9-11H2,1-3H3,(H,19,20). The monoisotopic (exact) mass is 271 g/mol. The van der Waals surface area contributed by atoms with Crippen LogP contribution >= 0.6 is 0 Å². The van der Waals surface area contributed by atoms with E-state index in [-0.39, 0.29) is 0 Å². The summed E-state index contributed by atoms with van der Waals surface area (Å²) in [6, 6.07) is 8.50. The van der Waals surface area contributed by atoms with Crippen molar-refractivity contribution < 1.29 is 0 Å². The fourth-order valence-electron chi connectivity index (χ4n) is 2.27. The zero-order valence-electron chi connectivity index (χ0n) is 12.7. The molecule has 1 heterocycles. The van der Waals surface area contributed by atoms with Crippen molar-refractivity contribution in [3.05, 3.63) is 36.0 Å². The Labute approximate surface area is 121 Å². The normalized spacial score (nSPS) is 11.2. The van der Waals surface area contributed by atoms with Crippen molar-refractivity contribution in [1.82, 2.24) is 10.3 Å². The topological polar surface area (TPSA) is 37.0 Å². The summed E-state index contributed by atoms with van der Waals surface area (Å²) in [5, 5.41) is 9.40. The van der Waals surface area contributed by atoms with E-state index in [1.807, 2.05) is 6.20 Å². The van der Waals surface area contributed by atoms with Gasteiger partial charge in [-0.25, -0.2) is 4.98 Å². The predicted molar refractivity (Wildman–Crippen MR) is 87.1 cm³/mol. The van der Waals surface area contributed by atoms with Gasteiger partial charge in [0.05, 0.1) is 0 Å². The van der Waals surface area contributed by atoms with Crippen LogP contribution in [0.5, 0.6) is 0 Å². The van der Waals surface area contributed by atoms with Gasteiger partial charge >= 0.3 is 0 Å². The maximum atomic E-state index is 4.59. The van der Waals surface area contributed by atoms with Crippen molar-refractivity contribution in [3.8, 4) is 0 Å². The van der Waals surface area contributed by atoms with Gasteiger partial charge in [-0.05, 0) is 29.8 Å². The van der Waals surface area contributed by atoms with Gasteiger partial charge in [-0.3, -0.25) is 0 Å². The Morgan fingerprint density at radius 2 is 1.90 bits per heavy atom. The lowest BCUT2D eigenvalue weighted by molar-refractivity contribution is 0.553. The number of nitrogens with one attached hydrogen (secondary N) is 2. The Balaban J connectivity index is 2.23. The third-order valence-electron chi connectivity index (χ3n) is 3.29. The number of aromatic nitrogens is 1. The zero-order chi connectivity index (χ0) is 14.4. The Kier molecular flexibility index (Phi) is 5.36. The average Bonchev–Trinajstić information content (AvgIpc) is 2.46. The molecule has 0 unspecified atom stereocenters. The van der Waals surface area contributed by atoms with Gasteiger partial charge < -0.3 is 10.6 Å². The summed E-state index contributed by atoms with van der Waals surface area (Å²) in [5.41, 5.74) is 1.27. The van der Waals surface area contributed by atoms with E-state index in [2.05, 4.69) is 60.7 Å². The fourth-order valence-corrected chi connectivity index (χ4v) is 2.27. The first kappa shape index (κ1) is 14.8. The number of pyridine rings is 1. The van der Waals surface area contributed by atoms with E-state index in [0.29, 0.717) is 5.92 Å². The second-order valence-corrected chi connectivity index (χ2v) is 5.63. The second-order valence-electron chi connectivity index (χ2n) is 5.63. The summed E-state index contributed by atoms with van der Waals surface area (Å²) >= 11 is 0. The Hall–Kier alpha value is -1.61. The lowest BCUT2D eigenvalue weighted by atomic mass is 10.1. The van der Waals surface area contributed by atoms with Crippen LogP contribution < -0.4 is 10.6 Å². The predicted octanol–water partition coefficient (Wildman–Crippen LogP) is 3.80. The SMILES string of the molecule is CCCNc1ncc(CNCC(C)C)c2ccccc12. The minimum Gasteiger partial charge on any atom is -0.370 e. The first-order valence-electron chi connectivity index (χ1n) is 7.53. The third-order valence-corrected chi connectivity index (χ3v) is 3.29. The van der Waals surface area contributed by atoms with Gasteiger partial charge in [0.25, 0.3) is 0 Å². The lowest BCUT2D eigenvalue weighted by Crippen LogP contribution is -2.19. The molecule has 0 radical (unpaired) electrons. The molecule has 0 spiro atoms. The first-order chi connectivity index (χ1) is 9.72. The largest absolute Gasteiger partial charge is 0.370 e. The molecule has 1 aromatic carbocycles. The van der Waals surface area contributed by atoms with Crippen LogP contribution in [0.1, 0.15) is 32.8 Å². The van der Waals surface area contributed by atoms with Gasteiger partial charge in [-0.15, -0.1) is 0 Å². The van der Waals surface area contributed by atoms with E-state index >= 15 is 0 Å². The molecule has 0 aliphatic rings. The number of hydrogen-bond acceptors (Lipinski definition) is 3. The van der Waals surface area contributed by atoms with Gasteiger partial charge in [0.2, 0.25) is 0 Å². The molecule has 0 amide bonds. The van der Waals surface area contributed by atoms with Crippen molar-refractivity contribution >= 4 is 16.6 Å². The molecule has 0 saturated heterocycles. The van der Waals surface area contributed by atoms with Crippen LogP contribution in [0, 0.1) is 5.92 Å². The molecular weight excluding hydrogens is 246 g/mol. The molecule has 108 valence electrons. The van der Waals surface area contributed by atoms with Crippen LogP contribution in [0.3, 0.4) is 0 Å². The fraction of sp³-hybridized carbons (Fsp3) is 0.471. The molecule has 0 atom stereocenters. The van der Waals surface area contributed by atoms with E-state index in [1.54, 1.807) is 0 Å². The van der Waals surface area contributed by atoms with E-state index < -0.39 is 0 Å². The highest BCUT2D eigenvalue weighted by atomic mass is 15.0. The van der Waals surface area contributed by atoms with Gasteiger partial charge in [0.15, 0.2) is 0 Å². The summed E-state index contributed by atoms with van der Waals surface area (Å²) in [6.45, 7) is 9.48. The quantitative estimate of drug-likeness (QED) is 0.804. The van der Waals surface area contributed by atoms with E-state index in [4.69, 9.17) is 0 Å². The molecule has 20 heavy (non-hydrogen) atoms. The molecule has 3 nitrogen and oxygen atoms in total. The highest BCUT2D eigenvalue weighted by Crippen LogP contribution is 2.24. The van der Waals surface area contributed by atoms with Crippen molar-refractivity contribution in [2.75, 3.05) is 18.4 Å². The van der Waals surface area contributed by atoms with Crippen LogP contribution in [-0.4, -0.2) is 18.1 Å². The van der Waals surface area contributed by atoms with Gasteiger partial charge in [0.1, 0.15) is 5.82 Å². The number of fused-ring (bicyclic) bond motifs is 1. The van der Waals surface area contributed by atoms with Crippen molar-refractivity contribution in [3.63, 3.8) is 0 Å². The van der Waals surface area contributed by atoms with Crippen LogP contribution in [0.2, 0.25) is 0 Å². The second kappa shape index (κ2) is 7.25. The third kappa shape index (κ3) is 3.70. The molecule has 1 aromatic heterocycles. The summed E-state index contributed by atoms with van der Waals surface area (Å²) in [6.07, 6.45) is 3.10. The summed E-state index contributed by atoms with van der Waals surface area (Å²) in [4.78, 5) is 4.59. The minimum absolute atomic E-state index is 0.666. The van der Waals surface area contributed by atoms with Crippen LogP contribution in [0.25, 0.3) is 10.8 Å². The van der Waals surface area contributed by atoms with Crippen molar-refractivity contribution in [1.29, 1.82) is 0 Å². The molecule has 2 rings (SSSR count). The Bertz CT molecular complexity index is 549. The van der Waals surface area contributed by atoms with Crippen molar-refractivity contribution in [2.24, 2.45) is 5.92 Å². The molecule has 0 aliphatic carbocycles. The highest BCUT2D eigenvalue weighted by Gasteiger charge is 2.06. The smallest absolute Gasteiger partial charge is 0.133 e. The summed E-state index contributed by atoms with van der Waals surface area (Å²) in [7, 11) is 0. The summed E-state index contributed by atoms with van der Waals surface area (Å²) < 4.78 is 0. The molecule has 2 aromatic rings. The zero-order valence-corrected chi connectivity index (χ0v) is 12.7. The van der Waals surface area contributed by atoms with Gasteiger partial charge in [-0.1, -0.05) is 45.0 Å². The van der Waals surface area contributed by atoms with Gasteiger partial charge in [-0.2, -0.15) is 0 Å². The number of anilines is 1. The number of hydrogen-bond donors (Lipinski definition) is 2. The molecule has 0 fully saturated rings. The lowest BCUT2D eigenvalue weighted by Gasteiger charge is -2.13. The van der Waals surface area contributed by atoms with Crippen LogP contribution in [-0.2, 0) is 6.54 Å². The molecule has 0 aliphatic heterocycles. The number of rotatable bonds is 7. The highest BCUT2D eigenvalue weighted by molar-refractivity contribution is 5.93. The van der Waals surface area contributed by atoms with Crippen LogP contribution in [0.4, 0.5) is 5.82 Å². The molecule has 2 N–H and O–H groups in total. The molecular formula is C17H25N3. The maximum absolute atomic E-state index is 4.59. The number of benzene rings is 1. The molecule has 0 saturated carbocycles. The van der Waals surface area contributed by atoms with Crippen molar-refractivity contribution in [2.45, 2.75) is 33.7 Å². The Morgan fingerprint density at radius 3 is 2.60 bits per heavy atom. The van der Waals surface area contributed by atoms with E-state index in [0.717, 1.165) is 31.9 Å². The molecule has 3 heteroatoms.